The van der Waals surface area contributed by atoms with Crippen LogP contribution in [-0.2, 0) is 11.2 Å². The highest BCUT2D eigenvalue weighted by molar-refractivity contribution is 6.36. The lowest BCUT2D eigenvalue weighted by Gasteiger charge is -2.09. The average Bonchev–Trinajstić information content (AvgIpc) is 2.48. The number of nitrogens with one attached hydrogen (secondary N) is 1. The van der Waals surface area contributed by atoms with E-state index < -0.39 is 0 Å². The van der Waals surface area contributed by atoms with Gasteiger partial charge in [-0.1, -0.05) is 42.3 Å². The summed E-state index contributed by atoms with van der Waals surface area (Å²) < 4.78 is 5.42. The number of amides is 1. The Hall–Kier alpha value is -1.71. The molecule has 0 saturated heterocycles. The third-order valence-corrected chi connectivity index (χ3v) is 3.45. The summed E-state index contributed by atoms with van der Waals surface area (Å²) in [6.07, 6.45) is 0.968. The standard InChI is InChI=1S/C16H15Cl2NO2/c1-2-11-3-6-13(7-4-11)21-10-16(20)19-15-8-5-12(17)9-14(15)18/h3-9H,2,10H2,1H3,(H,19,20). The van der Waals surface area contributed by atoms with Crippen LogP contribution in [0.4, 0.5) is 5.69 Å². The van der Waals surface area contributed by atoms with Gasteiger partial charge in [0.15, 0.2) is 6.61 Å². The van der Waals surface area contributed by atoms with Gasteiger partial charge in [0.2, 0.25) is 0 Å². The number of aryl methyl sites for hydroxylation is 1. The minimum atomic E-state index is -0.279. The Morgan fingerprint density at radius 2 is 1.86 bits per heavy atom. The molecule has 0 heterocycles. The molecular formula is C16H15Cl2NO2. The van der Waals surface area contributed by atoms with Crippen molar-refractivity contribution in [2.75, 3.05) is 11.9 Å². The molecule has 0 aliphatic heterocycles. The zero-order valence-corrected chi connectivity index (χ0v) is 13.0. The Bertz CT molecular complexity index is 627. The van der Waals surface area contributed by atoms with Crippen molar-refractivity contribution in [3.63, 3.8) is 0 Å². The maximum atomic E-state index is 11.8. The predicted octanol–water partition coefficient (Wildman–Crippen LogP) is 4.57. The summed E-state index contributed by atoms with van der Waals surface area (Å²) in [5, 5.41) is 3.59. The molecule has 1 amide bonds. The smallest absolute Gasteiger partial charge is 0.262 e. The molecule has 2 aromatic rings. The molecule has 0 spiro atoms. The van der Waals surface area contributed by atoms with Gasteiger partial charge in [0, 0.05) is 5.02 Å². The lowest BCUT2D eigenvalue weighted by atomic mass is 10.2. The van der Waals surface area contributed by atoms with Crippen LogP contribution in [0.15, 0.2) is 42.5 Å². The van der Waals surface area contributed by atoms with Gasteiger partial charge in [-0.15, -0.1) is 0 Å². The number of hydrogen-bond donors (Lipinski definition) is 1. The lowest BCUT2D eigenvalue weighted by Crippen LogP contribution is -2.20. The molecule has 2 aromatic carbocycles. The van der Waals surface area contributed by atoms with Crippen LogP contribution in [0.1, 0.15) is 12.5 Å². The molecule has 0 aliphatic carbocycles. The van der Waals surface area contributed by atoms with Crippen molar-refractivity contribution in [2.24, 2.45) is 0 Å². The van der Waals surface area contributed by atoms with E-state index in [-0.39, 0.29) is 12.5 Å². The number of benzene rings is 2. The van der Waals surface area contributed by atoms with Crippen LogP contribution in [0.3, 0.4) is 0 Å². The normalized spacial score (nSPS) is 10.2. The van der Waals surface area contributed by atoms with E-state index >= 15 is 0 Å². The van der Waals surface area contributed by atoms with E-state index in [1.807, 2.05) is 24.3 Å². The van der Waals surface area contributed by atoms with E-state index in [0.29, 0.717) is 21.5 Å². The van der Waals surface area contributed by atoms with Crippen LogP contribution in [0, 0.1) is 0 Å². The van der Waals surface area contributed by atoms with Crippen molar-refractivity contribution in [1.29, 1.82) is 0 Å². The van der Waals surface area contributed by atoms with Gasteiger partial charge < -0.3 is 10.1 Å². The Morgan fingerprint density at radius 1 is 1.14 bits per heavy atom. The van der Waals surface area contributed by atoms with E-state index in [0.717, 1.165) is 6.42 Å². The van der Waals surface area contributed by atoms with Gasteiger partial charge in [0.1, 0.15) is 5.75 Å². The van der Waals surface area contributed by atoms with Crippen molar-refractivity contribution >= 4 is 34.8 Å². The zero-order valence-electron chi connectivity index (χ0n) is 11.5. The summed E-state index contributed by atoms with van der Waals surface area (Å²) in [5.41, 5.74) is 1.73. The van der Waals surface area contributed by atoms with Crippen LogP contribution in [0.2, 0.25) is 10.0 Å². The first-order chi connectivity index (χ1) is 10.1. The molecule has 0 radical (unpaired) electrons. The van der Waals surface area contributed by atoms with Gasteiger partial charge >= 0.3 is 0 Å². The third-order valence-electron chi connectivity index (χ3n) is 2.91. The second kappa shape index (κ2) is 7.34. The minimum Gasteiger partial charge on any atom is -0.484 e. The van der Waals surface area contributed by atoms with E-state index in [4.69, 9.17) is 27.9 Å². The number of halogens is 2. The van der Waals surface area contributed by atoms with E-state index in [2.05, 4.69) is 12.2 Å². The topological polar surface area (TPSA) is 38.3 Å². The van der Waals surface area contributed by atoms with Gasteiger partial charge in [-0.3, -0.25) is 4.79 Å². The summed E-state index contributed by atoms with van der Waals surface area (Å²) in [6, 6.07) is 12.5. The van der Waals surface area contributed by atoms with Crippen molar-refractivity contribution in [1.82, 2.24) is 0 Å². The summed E-state index contributed by atoms with van der Waals surface area (Å²) in [7, 11) is 0. The Labute approximate surface area is 133 Å². The van der Waals surface area contributed by atoms with Gasteiger partial charge in [0.25, 0.3) is 5.91 Å². The molecule has 0 bridgehead atoms. The second-order valence-electron chi connectivity index (χ2n) is 4.46. The summed E-state index contributed by atoms with van der Waals surface area (Å²) in [4.78, 5) is 11.8. The molecule has 0 aliphatic rings. The molecular weight excluding hydrogens is 309 g/mol. The number of rotatable bonds is 5. The van der Waals surface area contributed by atoms with Crippen LogP contribution in [-0.4, -0.2) is 12.5 Å². The number of anilines is 1. The molecule has 1 N–H and O–H groups in total. The highest BCUT2D eigenvalue weighted by Crippen LogP contribution is 2.25. The summed E-state index contributed by atoms with van der Waals surface area (Å²) in [6.45, 7) is 2.00. The first kappa shape index (κ1) is 15.7. The van der Waals surface area contributed by atoms with Crippen molar-refractivity contribution in [3.05, 3.63) is 58.1 Å². The Balaban J connectivity index is 1.89. The maximum Gasteiger partial charge on any atom is 0.262 e. The lowest BCUT2D eigenvalue weighted by molar-refractivity contribution is -0.118. The molecule has 0 unspecified atom stereocenters. The largest absolute Gasteiger partial charge is 0.484 e. The second-order valence-corrected chi connectivity index (χ2v) is 5.30. The molecule has 110 valence electrons. The molecule has 0 saturated carbocycles. The van der Waals surface area contributed by atoms with Crippen molar-refractivity contribution < 1.29 is 9.53 Å². The van der Waals surface area contributed by atoms with Gasteiger partial charge in [-0.2, -0.15) is 0 Å². The fourth-order valence-electron chi connectivity index (χ4n) is 1.75. The van der Waals surface area contributed by atoms with Crippen LogP contribution >= 0.6 is 23.2 Å². The number of ether oxygens (including phenoxy) is 1. The first-order valence-electron chi connectivity index (χ1n) is 6.55. The number of carbonyl (C=O) groups excluding carboxylic acids is 1. The SMILES string of the molecule is CCc1ccc(OCC(=O)Nc2ccc(Cl)cc2Cl)cc1. The summed E-state index contributed by atoms with van der Waals surface area (Å²) >= 11 is 11.8. The van der Waals surface area contributed by atoms with E-state index in [1.165, 1.54) is 5.56 Å². The molecule has 0 atom stereocenters. The molecule has 3 nitrogen and oxygen atoms in total. The van der Waals surface area contributed by atoms with Crippen LogP contribution in [0.5, 0.6) is 5.75 Å². The highest BCUT2D eigenvalue weighted by atomic mass is 35.5. The quantitative estimate of drug-likeness (QED) is 0.875. The molecule has 2 rings (SSSR count). The first-order valence-corrected chi connectivity index (χ1v) is 7.30. The third kappa shape index (κ3) is 4.66. The predicted molar refractivity (Wildman–Crippen MR) is 86.4 cm³/mol. The highest BCUT2D eigenvalue weighted by Gasteiger charge is 2.07. The fourth-order valence-corrected chi connectivity index (χ4v) is 2.20. The average molecular weight is 324 g/mol. The van der Waals surface area contributed by atoms with E-state index in [1.54, 1.807) is 18.2 Å². The zero-order chi connectivity index (χ0) is 15.2. The fraction of sp³-hybridized carbons (Fsp3) is 0.188. The monoisotopic (exact) mass is 323 g/mol. The summed E-state index contributed by atoms with van der Waals surface area (Å²) in [5.74, 6) is 0.378. The van der Waals surface area contributed by atoms with Crippen molar-refractivity contribution in [2.45, 2.75) is 13.3 Å². The van der Waals surface area contributed by atoms with Crippen LogP contribution in [0.25, 0.3) is 0 Å². The molecule has 5 heteroatoms. The Morgan fingerprint density at radius 3 is 2.48 bits per heavy atom. The van der Waals surface area contributed by atoms with Gasteiger partial charge in [-0.25, -0.2) is 0 Å². The van der Waals surface area contributed by atoms with E-state index in [9.17, 15) is 4.79 Å². The van der Waals surface area contributed by atoms with Gasteiger partial charge in [-0.05, 0) is 42.3 Å². The number of carbonyl (C=O) groups is 1. The molecule has 0 fully saturated rings. The molecule has 0 aromatic heterocycles. The van der Waals surface area contributed by atoms with Crippen molar-refractivity contribution in [3.8, 4) is 5.75 Å². The molecule has 21 heavy (non-hydrogen) atoms. The Kier molecular flexibility index (Phi) is 5.48. The minimum absolute atomic E-state index is 0.0789. The number of hydrogen-bond acceptors (Lipinski definition) is 2. The maximum absolute atomic E-state index is 11.8. The van der Waals surface area contributed by atoms with Gasteiger partial charge in [0.05, 0.1) is 10.7 Å². The van der Waals surface area contributed by atoms with Crippen LogP contribution < -0.4 is 10.1 Å².